The Kier molecular flexibility index (Phi) is 6.35. The Balaban J connectivity index is 1.46. The zero-order chi connectivity index (χ0) is 20.9. The molecule has 1 atom stereocenters. The van der Waals surface area contributed by atoms with Crippen molar-refractivity contribution in [3.63, 3.8) is 0 Å². The summed E-state index contributed by atoms with van der Waals surface area (Å²) >= 11 is 1.42. The highest BCUT2D eigenvalue weighted by molar-refractivity contribution is 7.14. The molecule has 1 unspecified atom stereocenters. The van der Waals surface area contributed by atoms with Crippen molar-refractivity contribution in [2.45, 2.75) is 26.3 Å². The number of carbonyl (C=O) groups excluding carboxylic acids is 2. The number of rotatable bonds is 6. The lowest BCUT2D eigenvalue weighted by molar-refractivity contribution is 0.0996. The third-order valence-electron chi connectivity index (χ3n) is 5.35. The number of hydrogen-bond acceptors (Lipinski definition) is 5. The summed E-state index contributed by atoms with van der Waals surface area (Å²) in [7, 11) is 0. The molecule has 2 heterocycles. The smallest absolute Gasteiger partial charge is 0.258 e. The summed E-state index contributed by atoms with van der Waals surface area (Å²) in [6.45, 7) is 5.28. The Morgan fingerprint density at radius 2 is 1.83 bits per heavy atom. The zero-order valence-corrected chi connectivity index (χ0v) is 17.8. The summed E-state index contributed by atoms with van der Waals surface area (Å²) in [6, 6.07) is 15.9. The summed E-state index contributed by atoms with van der Waals surface area (Å²) in [5, 5.41) is 5.42. The van der Waals surface area contributed by atoms with Gasteiger partial charge in [0.1, 0.15) is 0 Å². The highest BCUT2D eigenvalue weighted by Crippen LogP contribution is 2.22. The molecule has 0 radical (unpaired) electrons. The summed E-state index contributed by atoms with van der Waals surface area (Å²) < 4.78 is 0. The number of aromatic nitrogens is 1. The minimum Gasteiger partial charge on any atom is -0.298 e. The van der Waals surface area contributed by atoms with Crippen molar-refractivity contribution in [2.24, 2.45) is 5.92 Å². The molecule has 2 aromatic carbocycles. The van der Waals surface area contributed by atoms with Crippen molar-refractivity contribution in [1.82, 2.24) is 9.88 Å². The second-order valence-corrected chi connectivity index (χ2v) is 8.68. The number of carbonyl (C=O) groups is 2. The van der Waals surface area contributed by atoms with E-state index in [1.807, 2.05) is 23.6 Å². The van der Waals surface area contributed by atoms with E-state index in [-0.39, 0.29) is 11.7 Å². The van der Waals surface area contributed by atoms with Gasteiger partial charge in [-0.1, -0.05) is 55.5 Å². The maximum absolute atomic E-state index is 12.9. The molecule has 1 amide bonds. The lowest BCUT2D eigenvalue weighted by Crippen LogP contribution is -2.33. The summed E-state index contributed by atoms with van der Waals surface area (Å²) in [6.07, 6.45) is 2.51. The number of benzene rings is 2. The van der Waals surface area contributed by atoms with Gasteiger partial charge < -0.3 is 0 Å². The van der Waals surface area contributed by atoms with E-state index in [1.165, 1.54) is 24.2 Å². The summed E-state index contributed by atoms with van der Waals surface area (Å²) in [5.74, 6) is 0.234. The predicted molar refractivity (Wildman–Crippen MR) is 120 cm³/mol. The molecule has 0 bridgehead atoms. The van der Waals surface area contributed by atoms with E-state index >= 15 is 0 Å². The zero-order valence-electron chi connectivity index (χ0n) is 17.0. The first-order valence-corrected chi connectivity index (χ1v) is 11.1. The first-order chi connectivity index (χ1) is 14.6. The van der Waals surface area contributed by atoms with Crippen molar-refractivity contribution in [2.75, 3.05) is 18.4 Å². The van der Waals surface area contributed by atoms with Gasteiger partial charge in [-0.05, 0) is 31.4 Å². The maximum Gasteiger partial charge on any atom is 0.258 e. The van der Waals surface area contributed by atoms with Gasteiger partial charge in [-0.3, -0.25) is 19.8 Å². The Morgan fingerprint density at radius 3 is 2.60 bits per heavy atom. The quantitative estimate of drug-likeness (QED) is 0.580. The standard InChI is InChI=1S/C24H25N3O2S/c1-17-8-7-13-27(14-17)15-19-16-30-24(25-19)26-23(29)21-12-6-5-11-20(21)22(28)18-9-3-2-4-10-18/h2-6,9-12,16-17H,7-8,13-15H2,1H3,(H,25,26,29). The van der Waals surface area contributed by atoms with Crippen LogP contribution in [0.15, 0.2) is 60.0 Å². The van der Waals surface area contributed by atoms with Crippen LogP contribution in [-0.4, -0.2) is 34.7 Å². The Bertz CT molecular complexity index is 1030. The van der Waals surface area contributed by atoms with Crippen LogP contribution in [0.2, 0.25) is 0 Å². The number of thiazole rings is 1. The molecule has 1 saturated heterocycles. The van der Waals surface area contributed by atoms with E-state index in [0.717, 1.165) is 31.2 Å². The minimum atomic E-state index is -0.317. The highest BCUT2D eigenvalue weighted by Gasteiger charge is 2.20. The summed E-state index contributed by atoms with van der Waals surface area (Å²) in [5.41, 5.74) is 2.27. The van der Waals surface area contributed by atoms with E-state index < -0.39 is 0 Å². The molecule has 154 valence electrons. The van der Waals surface area contributed by atoms with Gasteiger partial charge in [-0.2, -0.15) is 0 Å². The number of amides is 1. The Morgan fingerprint density at radius 1 is 1.10 bits per heavy atom. The van der Waals surface area contributed by atoms with Crippen LogP contribution in [0.4, 0.5) is 5.13 Å². The first kappa shape index (κ1) is 20.4. The van der Waals surface area contributed by atoms with Crippen LogP contribution in [0, 0.1) is 5.92 Å². The van der Waals surface area contributed by atoms with Crippen LogP contribution in [0.25, 0.3) is 0 Å². The normalized spacial score (nSPS) is 16.9. The molecule has 3 aromatic rings. The topological polar surface area (TPSA) is 62.3 Å². The average molecular weight is 420 g/mol. The number of likely N-dealkylation sites (tertiary alicyclic amines) is 1. The van der Waals surface area contributed by atoms with Gasteiger partial charge in [-0.25, -0.2) is 4.98 Å². The molecule has 1 fully saturated rings. The fraction of sp³-hybridized carbons (Fsp3) is 0.292. The van der Waals surface area contributed by atoms with Crippen molar-refractivity contribution in [1.29, 1.82) is 0 Å². The maximum atomic E-state index is 12.9. The fourth-order valence-electron chi connectivity index (χ4n) is 3.89. The third-order valence-corrected chi connectivity index (χ3v) is 6.16. The monoisotopic (exact) mass is 419 g/mol. The second kappa shape index (κ2) is 9.32. The van der Waals surface area contributed by atoms with E-state index in [4.69, 9.17) is 0 Å². The van der Waals surface area contributed by atoms with Crippen molar-refractivity contribution in [3.05, 3.63) is 82.4 Å². The average Bonchev–Trinajstić information content (AvgIpc) is 3.20. The van der Waals surface area contributed by atoms with Crippen molar-refractivity contribution < 1.29 is 9.59 Å². The van der Waals surface area contributed by atoms with Crippen LogP contribution in [0.3, 0.4) is 0 Å². The van der Waals surface area contributed by atoms with Crippen LogP contribution in [0.1, 0.15) is 51.7 Å². The number of nitrogens with one attached hydrogen (secondary N) is 1. The number of hydrogen-bond donors (Lipinski definition) is 1. The molecule has 0 saturated carbocycles. The van der Waals surface area contributed by atoms with Crippen LogP contribution in [0.5, 0.6) is 0 Å². The predicted octanol–water partition coefficient (Wildman–Crippen LogP) is 4.86. The van der Waals surface area contributed by atoms with E-state index in [1.54, 1.807) is 36.4 Å². The largest absolute Gasteiger partial charge is 0.298 e. The second-order valence-electron chi connectivity index (χ2n) is 7.82. The van der Waals surface area contributed by atoms with Gasteiger partial charge in [0.15, 0.2) is 10.9 Å². The van der Waals surface area contributed by atoms with E-state index in [0.29, 0.717) is 21.8 Å². The van der Waals surface area contributed by atoms with Crippen molar-refractivity contribution in [3.8, 4) is 0 Å². The van der Waals surface area contributed by atoms with Gasteiger partial charge in [-0.15, -0.1) is 11.3 Å². The highest BCUT2D eigenvalue weighted by atomic mass is 32.1. The SMILES string of the molecule is CC1CCCN(Cc2csc(NC(=O)c3ccccc3C(=O)c3ccccc3)n2)C1. The molecule has 0 spiro atoms. The third kappa shape index (κ3) is 4.83. The Hall–Kier alpha value is -2.83. The number of piperidine rings is 1. The number of anilines is 1. The van der Waals surface area contributed by atoms with Crippen LogP contribution >= 0.6 is 11.3 Å². The van der Waals surface area contributed by atoms with Gasteiger partial charge in [0.2, 0.25) is 0 Å². The van der Waals surface area contributed by atoms with Gasteiger partial charge >= 0.3 is 0 Å². The minimum absolute atomic E-state index is 0.166. The number of nitrogens with zero attached hydrogens (tertiary/aromatic N) is 2. The lowest BCUT2D eigenvalue weighted by atomic mass is 9.98. The fourth-order valence-corrected chi connectivity index (χ4v) is 4.58. The molecule has 6 heteroatoms. The first-order valence-electron chi connectivity index (χ1n) is 10.3. The Labute approximate surface area is 180 Å². The van der Waals surface area contributed by atoms with Gasteiger partial charge in [0.25, 0.3) is 5.91 Å². The van der Waals surface area contributed by atoms with Crippen LogP contribution in [-0.2, 0) is 6.54 Å². The number of ketones is 1. The molecule has 4 rings (SSSR count). The molecule has 1 aliphatic rings. The van der Waals surface area contributed by atoms with Gasteiger partial charge in [0, 0.05) is 29.6 Å². The molecule has 30 heavy (non-hydrogen) atoms. The lowest BCUT2D eigenvalue weighted by Gasteiger charge is -2.30. The van der Waals surface area contributed by atoms with Crippen molar-refractivity contribution >= 4 is 28.2 Å². The molecule has 5 nitrogen and oxygen atoms in total. The molecule has 1 aliphatic heterocycles. The van der Waals surface area contributed by atoms with Gasteiger partial charge in [0.05, 0.1) is 11.3 Å². The molecule has 1 aromatic heterocycles. The molecule has 1 N–H and O–H groups in total. The molecular weight excluding hydrogens is 394 g/mol. The molecule has 0 aliphatic carbocycles. The van der Waals surface area contributed by atoms with E-state index in [2.05, 4.69) is 22.1 Å². The summed E-state index contributed by atoms with van der Waals surface area (Å²) in [4.78, 5) is 32.8. The van der Waals surface area contributed by atoms with Crippen LogP contribution < -0.4 is 5.32 Å². The molecular formula is C24H25N3O2S. The van der Waals surface area contributed by atoms with E-state index in [9.17, 15) is 9.59 Å².